The molecule has 3 rings (SSSR count). The number of hydrogen-bond donors (Lipinski definition) is 0. The standard InChI is InChI=1S/C30H42O5/c1-25-14-18-28(19-15-25)35-30(31)26-16-20-27(21-17-26)32-22-10-7-5-3-2-4-6-8-11-23-33-29-13-9-12-24-34-29/h14-21,29H,2-13,22-24H2,1H3. The highest BCUT2D eigenvalue weighted by Gasteiger charge is 2.13. The van der Waals surface area contributed by atoms with Gasteiger partial charge < -0.3 is 18.9 Å². The highest BCUT2D eigenvalue weighted by atomic mass is 16.7. The van der Waals surface area contributed by atoms with E-state index in [0.717, 1.165) is 43.8 Å². The number of carbonyl (C=O) groups excluding carboxylic acids is 1. The average Bonchev–Trinajstić information content (AvgIpc) is 2.89. The van der Waals surface area contributed by atoms with Gasteiger partial charge in [-0.1, -0.05) is 62.6 Å². The van der Waals surface area contributed by atoms with Crippen LogP contribution in [-0.4, -0.2) is 32.1 Å². The molecule has 0 saturated carbocycles. The van der Waals surface area contributed by atoms with Crippen molar-refractivity contribution in [2.75, 3.05) is 19.8 Å². The molecule has 1 saturated heterocycles. The van der Waals surface area contributed by atoms with Gasteiger partial charge in [0.05, 0.1) is 12.2 Å². The first kappa shape index (κ1) is 27.2. The van der Waals surface area contributed by atoms with Crippen LogP contribution in [0.3, 0.4) is 0 Å². The predicted molar refractivity (Wildman–Crippen MR) is 139 cm³/mol. The quantitative estimate of drug-likeness (QED) is 0.140. The molecule has 1 atom stereocenters. The number of esters is 1. The number of carbonyl (C=O) groups is 1. The Morgan fingerprint density at radius 3 is 2.00 bits per heavy atom. The van der Waals surface area contributed by atoms with Gasteiger partial charge in [0.1, 0.15) is 11.5 Å². The van der Waals surface area contributed by atoms with Crippen LogP contribution in [0.4, 0.5) is 0 Å². The number of rotatable bonds is 16. The summed E-state index contributed by atoms with van der Waals surface area (Å²) in [5.41, 5.74) is 1.65. The first-order chi connectivity index (χ1) is 17.2. The van der Waals surface area contributed by atoms with Gasteiger partial charge in [-0.3, -0.25) is 0 Å². The van der Waals surface area contributed by atoms with Crippen molar-refractivity contribution < 1.29 is 23.7 Å². The second-order valence-corrected chi connectivity index (χ2v) is 9.42. The van der Waals surface area contributed by atoms with Crippen LogP contribution < -0.4 is 9.47 Å². The van der Waals surface area contributed by atoms with Crippen LogP contribution in [0.1, 0.15) is 93.0 Å². The first-order valence-corrected chi connectivity index (χ1v) is 13.5. The molecule has 0 aliphatic carbocycles. The average molecular weight is 483 g/mol. The fourth-order valence-electron chi connectivity index (χ4n) is 4.15. The Labute approximate surface area is 211 Å². The summed E-state index contributed by atoms with van der Waals surface area (Å²) in [5.74, 6) is 0.981. The van der Waals surface area contributed by atoms with Crippen molar-refractivity contribution in [3.8, 4) is 11.5 Å². The van der Waals surface area contributed by atoms with E-state index in [1.165, 1.54) is 57.8 Å². The Kier molecular flexibility index (Phi) is 12.7. The molecule has 5 nitrogen and oxygen atoms in total. The van der Waals surface area contributed by atoms with Crippen molar-refractivity contribution in [2.24, 2.45) is 0 Å². The third-order valence-corrected chi connectivity index (χ3v) is 6.32. The number of ether oxygens (including phenoxy) is 4. The molecule has 192 valence electrons. The molecule has 0 bridgehead atoms. The van der Waals surface area contributed by atoms with Crippen LogP contribution >= 0.6 is 0 Å². The van der Waals surface area contributed by atoms with Crippen LogP contribution in [0.25, 0.3) is 0 Å². The fraction of sp³-hybridized carbons (Fsp3) is 0.567. The second kappa shape index (κ2) is 16.3. The SMILES string of the molecule is Cc1ccc(OC(=O)c2ccc(OCCCCCCCCCCCOC3CCCCO3)cc2)cc1. The van der Waals surface area contributed by atoms with E-state index >= 15 is 0 Å². The van der Waals surface area contributed by atoms with Crippen LogP contribution in [0, 0.1) is 6.92 Å². The monoisotopic (exact) mass is 482 g/mol. The Hall–Kier alpha value is -2.37. The lowest BCUT2D eigenvalue weighted by Crippen LogP contribution is -2.22. The molecule has 1 aliphatic heterocycles. The number of hydrogen-bond acceptors (Lipinski definition) is 5. The Morgan fingerprint density at radius 2 is 1.37 bits per heavy atom. The fourth-order valence-corrected chi connectivity index (χ4v) is 4.15. The van der Waals surface area contributed by atoms with Gasteiger partial charge in [0.25, 0.3) is 0 Å². The van der Waals surface area contributed by atoms with E-state index in [2.05, 4.69) is 0 Å². The van der Waals surface area contributed by atoms with E-state index < -0.39 is 0 Å². The summed E-state index contributed by atoms with van der Waals surface area (Å²) >= 11 is 0. The van der Waals surface area contributed by atoms with Gasteiger partial charge in [-0.25, -0.2) is 4.79 Å². The molecule has 2 aromatic carbocycles. The molecule has 1 heterocycles. The predicted octanol–water partition coefficient (Wildman–Crippen LogP) is 7.65. The molecule has 1 unspecified atom stereocenters. The zero-order valence-corrected chi connectivity index (χ0v) is 21.3. The van der Waals surface area contributed by atoms with Crippen molar-refractivity contribution in [3.63, 3.8) is 0 Å². The van der Waals surface area contributed by atoms with Gasteiger partial charge in [-0.05, 0) is 75.4 Å². The summed E-state index contributed by atoms with van der Waals surface area (Å²) in [5, 5.41) is 0. The van der Waals surface area contributed by atoms with Gasteiger partial charge in [-0.15, -0.1) is 0 Å². The minimum Gasteiger partial charge on any atom is -0.494 e. The highest BCUT2D eigenvalue weighted by Crippen LogP contribution is 2.18. The first-order valence-electron chi connectivity index (χ1n) is 13.5. The Morgan fingerprint density at radius 1 is 0.771 bits per heavy atom. The molecule has 35 heavy (non-hydrogen) atoms. The summed E-state index contributed by atoms with van der Waals surface area (Å²) < 4.78 is 22.6. The van der Waals surface area contributed by atoms with Gasteiger partial charge in [0.15, 0.2) is 6.29 Å². The molecular formula is C30H42O5. The third kappa shape index (κ3) is 11.3. The minimum atomic E-state index is -0.359. The largest absolute Gasteiger partial charge is 0.494 e. The summed E-state index contributed by atoms with van der Waals surface area (Å²) in [6, 6.07) is 14.6. The van der Waals surface area contributed by atoms with Crippen molar-refractivity contribution in [3.05, 3.63) is 59.7 Å². The van der Waals surface area contributed by atoms with Crippen molar-refractivity contribution >= 4 is 5.97 Å². The molecule has 0 N–H and O–H groups in total. The van der Waals surface area contributed by atoms with Crippen LogP contribution in [0.2, 0.25) is 0 Å². The summed E-state index contributed by atoms with van der Waals surface area (Å²) in [6.07, 6.45) is 14.6. The van der Waals surface area contributed by atoms with Gasteiger partial charge >= 0.3 is 5.97 Å². The summed E-state index contributed by atoms with van der Waals surface area (Å²) in [6.45, 7) is 4.40. The number of unbranched alkanes of at least 4 members (excludes halogenated alkanes) is 8. The smallest absolute Gasteiger partial charge is 0.343 e. The summed E-state index contributed by atoms with van der Waals surface area (Å²) in [7, 11) is 0. The summed E-state index contributed by atoms with van der Waals surface area (Å²) in [4.78, 5) is 12.3. The van der Waals surface area contributed by atoms with E-state index in [0.29, 0.717) is 17.9 Å². The molecule has 0 amide bonds. The van der Waals surface area contributed by atoms with Crippen molar-refractivity contribution in [1.82, 2.24) is 0 Å². The second-order valence-electron chi connectivity index (χ2n) is 9.42. The molecule has 0 aromatic heterocycles. The van der Waals surface area contributed by atoms with Crippen LogP contribution in [0.5, 0.6) is 11.5 Å². The minimum absolute atomic E-state index is 0.0558. The number of aryl methyl sites for hydroxylation is 1. The highest BCUT2D eigenvalue weighted by molar-refractivity contribution is 5.91. The van der Waals surface area contributed by atoms with Gasteiger partial charge in [-0.2, -0.15) is 0 Å². The lowest BCUT2D eigenvalue weighted by Gasteiger charge is -2.22. The van der Waals surface area contributed by atoms with Crippen molar-refractivity contribution in [2.45, 2.75) is 90.3 Å². The molecular weight excluding hydrogens is 440 g/mol. The van der Waals surface area contributed by atoms with E-state index in [-0.39, 0.29) is 12.3 Å². The van der Waals surface area contributed by atoms with Gasteiger partial charge in [0, 0.05) is 13.2 Å². The zero-order valence-electron chi connectivity index (χ0n) is 21.3. The number of benzene rings is 2. The molecule has 5 heteroatoms. The lowest BCUT2D eigenvalue weighted by molar-refractivity contribution is -0.162. The van der Waals surface area contributed by atoms with Crippen molar-refractivity contribution in [1.29, 1.82) is 0 Å². The van der Waals surface area contributed by atoms with E-state index in [9.17, 15) is 4.79 Å². The topological polar surface area (TPSA) is 54.0 Å². The Balaban J connectivity index is 1.13. The van der Waals surface area contributed by atoms with E-state index in [1.807, 2.05) is 31.2 Å². The molecule has 0 spiro atoms. The molecule has 1 fully saturated rings. The molecule has 1 aliphatic rings. The van der Waals surface area contributed by atoms with Gasteiger partial charge in [0.2, 0.25) is 0 Å². The maximum atomic E-state index is 12.3. The lowest BCUT2D eigenvalue weighted by atomic mass is 10.1. The van der Waals surface area contributed by atoms with E-state index in [1.54, 1.807) is 24.3 Å². The molecule has 0 radical (unpaired) electrons. The third-order valence-electron chi connectivity index (χ3n) is 6.32. The maximum absolute atomic E-state index is 12.3. The van der Waals surface area contributed by atoms with Crippen LogP contribution in [-0.2, 0) is 9.47 Å². The normalized spacial score (nSPS) is 15.6. The van der Waals surface area contributed by atoms with Crippen LogP contribution in [0.15, 0.2) is 48.5 Å². The zero-order chi connectivity index (χ0) is 24.6. The Bertz CT molecular complexity index is 825. The van der Waals surface area contributed by atoms with E-state index in [4.69, 9.17) is 18.9 Å². The maximum Gasteiger partial charge on any atom is 0.343 e. The molecule has 2 aromatic rings.